The number of hydrogen-bond donors (Lipinski definition) is 2. The Labute approximate surface area is 138 Å². The first-order chi connectivity index (χ1) is 11.1. The largest absolute Gasteiger partial charge is 0.497 e. The fourth-order valence-corrected chi connectivity index (χ4v) is 2.99. The molecule has 1 aromatic rings. The summed E-state index contributed by atoms with van der Waals surface area (Å²) < 4.78 is 5.10. The van der Waals surface area contributed by atoms with Gasteiger partial charge in [-0.1, -0.05) is 37.5 Å². The SMILES string of the molecule is COc1ccc(C(O)C(C)NC(=O)/C=C/C2CCCCC2)cc1. The number of hydrogen-bond acceptors (Lipinski definition) is 3. The summed E-state index contributed by atoms with van der Waals surface area (Å²) in [6.07, 6.45) is 9.05. The third kappa shape index (κ3) is 5.39. The van der Waals surface area contributed by atoms with E-state index in [1.165, 1.54) is 32.1 Å². The Morgan fingerprint density at radius 1 is 1.26 bits per heavy atom. The second-order valence-electron chi connectivity index (χ2n) is 6.27. The van der Waals surface area contributed by atoms with Gasteiger partial charge in [0.2, 0.25) is 5.91 Å². The topological polar surface area (TPSA) is 58.6 Å². The van der Waals surface area contributed by atoms with Crippen LogP contribution in [0, 0.1) is 5.92 Å². The lowest BCUT2D eigenvalue weighted by Crippen LogP contribution is -2.36. The number of methoxy groups -OCH3 is 1. The van der Waals surface area contributed by atoms with E-state index in [4.69, 9.17) is 4.74 Å². The molecule has 126 valence electrons. The maximum absolute atomic E-state index is 12.0. The number of rotatable bonds is 6. The van der Waals surface area contributed by atoms with Gasteiger partial charge in [0.05, 0.1) is 19.3 Å². The first-order valence-electron chi connectivity index (χ1n) is 8.41. The lowest BCUT2D eigenvalue weighted by Gasteiger charge is -2.21. The zero-order chi connectivity index (χ0) is 16.7. The van der Waals surface area contributed by atoms with Crippen LogP contribution in [0.4, 0.5) is 0 Å². The molecule has 0 aromatic heterocycles. The van der Waals surface area contributed by atoms with Gasteiger partial charge in [0.25, 0.3) is 0 Å². The Bertz CT molecular complexity index is 518. The van der Waals surface area contributed by atoms with Gasteiger partial charge in [0, 0.05) is 0 Å². The minimum atomic E-state index is -0.743. The summed E-state index contributed by atoms with van der Waals surface area (Å²) in [5.41, 5.74) is 0.759. The van der Waals surface area contributed by atoms with Gasteiger partial charge >= 0.3 is 0 Å². The highest BCUT2D eigenvalue weighted by molar-refractivity contribution is 5.87. The van der Waals surface area contributed by atoms with Gasteiger partial charge in [-0.3, -0.25) is 4.79 Å². The predicted octanol–water partition coefficient (Wildman–Crippen LogP) is 3.37. The van der Waals surface area contributed by atoms with Crippen molar-refractivity contribution in [3.05, 3.63) is 42.0 Å². The highest BCUT2D eigenvalue weighted by atomic mass is 16.5. The first kappa shape index (κ1) is 17.5. The van der Waals surface area contributed by atoms with Gasteiger partial charge in [-0.15, -0.1) is 0 Å². The molecule has 0 aliphatic heterocycles. The van der Waals surface area contributed by atoms with Crippen LogP contribution in [-0.2, 0) is 4.79 Å². The summed E-state index contributed by atoms with van der Waals surface area (Å²) in [5.74, 6) is 1.13. The molecule has 1 saturated carbocycles. The number of amides is 1. The minimum Gasteiger partial charge on any atom is -0.497 e. The van der Waals surface area contributed by atoms with Gasteiger partial charge in [0.1, 0.15) is 5.75 Å². The number of allylic oxidation sites excluding steroid dienone is 1. The molecule has 1 amide bonds. The molecular formula is C19H27NO3. The van der Waals surface area contributed by atoms with Crippen LogP contribution in [0.25, 0.3) is 0 Å². The van der Waals surface area contributed by atoms with E-state index >= 15 is 0 Å². The zero-order valence-electron chi connectivity index (χ0n) is 14.0. The standard InChI is InChI=1S/C19H27NO3/c1-14(19(22)16-9-11-17(23-2)12-10-16)20-18(21)13-8-15-6-4-3-5-7-15/h8-15,19,22H,3-7H2,1-2H3,(H,20,21)/b13-8+. The number of carbonyl (C=O) groups is 1. The molecule has 4 nitrogen and oxygen atoms in total. The van der Waals surface area contributed by atoms with E-state index in [2.05, 4.69) is 5.32 Å². The number of ether oxygens (including phenoxy) is 1. The maximum atomic E-state index is 12.0. The van der Waals surface area contributed by atoms with Gasteiger partial charge in [-0.2, -0.15) is 0 Å². The van der Waals surface area contributed by atoms with E-state index in [0.717, 1.165) is 11.3 Å². The molecule has 0 radical (unpaired) electrons. The summed E-state index contributed by atoms with van der Waals surface area (Å²) in [7, 11) is 1.60. The molecule has 0 heterocycles. The quantitative estimate of drug-likeness (QED) is 0.791. The number of benzene rings is 1. The number of carbonyl (C=O) groups excluding carboxylic acids is 1. The molecule has 0 spiro atoms. The molecule has 2 unspecified atom stereocenters. The molecule has 2 atom stereocenters. The molecule has 1 aliphatic rings. The Hall–Kier alpha value is -1.81. The van der Waals surface area contributed by atoms with Crippen molar-refractivity contribution in [2.75, 3.05) is 7.11 Å². The average molecular weight is 317 g/mol. The van der Waals surface area contributed by atoms with E-state index in [9.17, 15) is 9.90 Å². The predicted molar refractivity (Wildman–Crippen MR) is 91.3 cm³/mol. The molecule has 2 N–H and O–H groups in total. The van der Waals surface area contributed by atoms with Crippen molar-refractivity contribution in [3.8, 4) is 5.75 Å². The van der Waals surface area contributed by atoms with Gasteiger partial charge < -0.3 is 15.2 Å². The van der Waals surface area contributed by atoms with Crippen molar-refractivity contribution in [1.82, 2.24) is 5.32 Å². The molecule has 1 aromatic carbocycles. The molecular weight excluding hydrogens is 290 g/mol. The molecule has 1 fully saturated rings. The smallest absolute Gasteiger partial charge is 0.243 e. The monoisotopic (exact) mass is 317 g/mol. The van der Waals surface area contributed by atoms with Crippen LogP contribution in [0.5, 0.6) is 5.75 Å². The lowest BCUT2D eigenvalue weighted by atomic mass is 9.89. The van der Waals surface area contributed by atoms with Crippen LogP contribution in [0.2, 0.25) is 0 Å². The number of aliphatic hydroxyl groups is 1. The Morgan fingerprint density at radius 3 is 2.52 bits per heavy atom. The second-order valence-corrected chi connectivity index (χ2v) is 6.27. The van der Waals surface area contributed by atoms with Gasteiger partial charge in [0.15, 0.2) is 0 Å². The Kier molecular flexibility index (Phi) is 6.66. The minimum absolute atomic E-state index is 0.143. The van der Waals surface area contributed by atoms with Gasteiger partial charge in [-0.05, 0) is 49.5 Å². The summed E-state index contributed by atoms with van der Waals surface area (Å²) in [4.78, 5) is 12.0. The van der Waals surface area contributed by atoms with E-state index in [-0.39, 0.29) is 11.9 Å². The van der Waals surface area contributed by atoms with Crippen LogP contribution < -0.4 is 10.1 Å². The maximum Gasteiger partial charge on any atom is 0.243 e. The van der Waals surface area contributed by atoms with Gasteiger partial charge in [-0.25, -0.2) is 0 Å². The van der Waals surface area contributed by atoms with Crippen LogP contribution in [0.3, 0.4) is 0 Å². The summed E-state index contributed by atoms with van der Waals surface area (Å²) in [6, 6.07) is 6.87. The average Bonchev–Trinajstić information content (AvgIpc) is 2.60. The Morgan fingerprint density at radius 2 is 1.91 bits per heavy atom. The molecule has 4 heteroatoms. The molecule has 1 aliphatic carbocycles. The van der Waals surface area contributed by atoms with Crippen LogP contribution in [0.1, 0.15) is 50.7 Å². The van der Waals surface area contributed by atoms with Crippen molar-refractivity contribution in [2.24, 2.45) is 5.92 Å². The fraction of sp³-hybridized carbons (Fsp3) is 0.526. The van der Waals surface area contributed by atoms with E-state index in [0.29, 0.717) is 5.92 Å². The van der Waals surface area contributed by atoms with Crippen LogP contribution in [0.15, 0.2) is 36.4 Å². The molecule has 2 rings (SSSR count). The van der Waals surface area contributed by atoms with Crippen molar-refractivity contribution >= 4 is 5.91 Å². The first-order valence-corrected chi connectivity index (χ1v) is 8.41. The highest BCUT2D eigenvalue weighted by Gasteiger charge is 2.18. The molecule has 23 heavy (non-hydrogen) atoms. The van der Waals surface area contributed by atoms with Crippen molar-refractivity contribution in [1.29, 1.82) is 0 Å². The lowest BCUT2D eigenvalue weighted by molar-refractivity contribution is -0.117. The Balaban J connectivity index is 1.85. The number of aliphatic hydroxyl groups excluding tert-OH is 1. The van der Waals surface area contributed by atoms with Crippen LogP contribution >= 0.6 is 0 Å². The molecule has 0 bridgehead atoms. The highest BCUT2D eigenvalue weighted by Crippen LogP contribution is 2.24. The third-order valence-corrected chi connectivity index (χ3v) is 4.47. The second kappa shape index (κ2) is 8.73. The third-order valence-electron chi connectivity index (χ3n) is 4.47. The molecule has 0 saturated heterocycles. The summed E-state index contributed by atoms with van der Waals surface area (Å²) in [5, 5.41) is 13.2. The van der Waals surface area contributed by atoms with Crippen LogP contribution in [-0.4, -0.2) is 24.2 Å². The number of nitrogens with one attached hydrogen (secondary N) is 1. The summed E-state index contributed by atoms with van der Waals surface area (Å²) in [6.45, 7) is 1.81. The van der Waals surface area contributed by atoms with E-state index < -0.39 is 6.10 Å². The fourth-order valence-electron chi connectivity index (χ4n) is 2.99. The summed E-state index contributed by atoms with van der Waals surface area (Å²) >= 11 is 0. The van der Waals surface area contributed by atoms with E-state index in [1.807, 2.05) is 18.2 Å². The van der Waals surface area contributed by atoms with Crippen molar-refractivity contribution in [2.45, 2.75) is 51.2 Å². The van der Waals surface area contributed by atoms with Crippen molar-refractivity contribution < 1.29 is 14.6 Å². The zero-order valence-corrected chi connectivity index (χ0v) is 14.0. The van der Waals surface area contributed by atoms with Crippen molar-refractivity contribution in [3.63, 3.8) is 0 Å². The normalized spacial score (nSPS) is 18.6. The van der Waals surface area contributed by atoms with E-state index in [1.54, 1.807) is 32.2 Å².